The van der Waals surface area contributed by atoms with E-state index in [-0.39, 0.29) is 16.9 Å². The Kier molecular flexibility index (Phi) is 2.48. The van der Waals surface area contributed by atoms with Crippen LogP contribution >= 0.6 is 11.6 Å². The molecule has 0 atom stereocenters. The van der Waals surface area contributed by atoms with E-state index in [1.165, 1.54) is 6.07 Å². The maximum Gasteiger partial charge on any atom is 0.311 e. The largest absolute Gasteiger partial charge is 0.502 e. The number of hydrogen-bond donors (Lipinski definition) is 1. The van der Waals surface area contributed by atoms with Gasteiger partial charge in [0, 0.05) is 6.07 Å². The van der Waals surface area contributed by atoms with Crippen molar-refractivity contribution in [3.8, 4) is 5.75 Å². The van der Waals surface area contributed by atoms with Crippen molar-refractivity contribution < 1.29 is 14.8 Å². The lowest BCUT2D eigenvalue weighted by molar-refractivity contribution is -0.385. The molecule has 0 fully saturated rings. The van der Waals surface area contributed by atoms with Crippen LogP contribution in [0.4, 0.5) is 5.69 Å². The zero-order valence-corrected chi connectivity index (χ0v) is 6.99. The maximum absolute atomic E-state index is 10.4. The van der Waals surface area contributed by atoms with E-state index >= 15 is 0 Å². The topological polar surface area (TPSA) is 80.4 Å². The smallest absolute Gasteiger partial charge is 0.311 e. The predicted octanol–water partition coefficient (Wildman–Crippen LogP) is 1.77. The first kappa shape index (κ1) is 9.47. The molecule has 0 saturated heterocycles. The van der Waals surface area contributed by atoms with Gasteiger partial charge in [-0.15, -0.1) is 0 Å². The summed E-state index contributed by atoms with van der Waals surface area (Å²) < 4.78 is 0. The third-order valence-electron chi connectivity index (χ3n) is 1.46. The van der Waals surface area contributed by atoms with Crippen LogP contribution in [0.2, 0.25) is 5.02 Å². The van der Waals surface area contributed by atoms with Gasteiger partial charge in [-0.05, 0) is 6.07 Å². The molecule has 0 unspecified atom stereocenters. The molecule has 0 aliphatic heterocycles. The number of halogens is 1. The van der Waals surface area contributed by atoms with Gasteiger partial charge >= 0.3 is 5.69 Å². The van der Waals surface area contributed by atoms with Crippen LogP contribution in [0.25, 0.3) is 0 Å². The molecule has 0 aliphatic carbocycles. The molecule has 0 bridgehead atoms. The summed E-state index contributed by atoms with van der Waals surface area (Å²) in [4.78, 5) is 19.9. The number of nitro benzene ring substituents is 1. The third-order valence-corrected chi connectivity index (χ3v) is 1.79. The van der Waals surface area contributed by atoms with Gasteiger partial charge < -0.3 is 5.11 Å². The molecule has 0 saturated carbocycles. The number of phenolic OH excluding ortho intramolecular Hbond substituents is 1. The van der Waals surface area contributed by atoms with E-state index in [2.05, 4.69) is 0 Å². The molecule has 1 N–H and O–H groups in total. The highest BCUT2D eigenvalue weighted by Gasteiger charge is 2.18. The Bertz CT molecular complexity index is 377. The Hall–Kier alpha value is -1.62. The van der Waals surface area contributed by atoms with Crippen LogP contribution in [0.5, 0.6) is 5.75 Å². The van der Waals surface area contributed by atoms with E-state index in [0.29, 0.717) is 0 Å². The number of aldehydes is 1. The van der Waals surface area contributed by atoms with Gasteiger partial charge in [0.25, 0.3) is 0 Å². The molecule has 13 heavy (non-hydrogen) atoms. The second-order valence-electron chi connectivity index (χ2n) is 2.20. The van der Waals surface area contributed by atoms with E-state index in [0.717, 1.165) is 6.07 Å². The maximum atomic E-state index is 10.4. The number of benzene rings is 1. The fraction of sp³-hybridized carbons (Fsp3) is 0. The summed E-state index contributed by atoms with van der Waals surface area (Å²) >= 11 is 5.49. The van der Waals surface area contributed by atoms with Gasteiger partial charge in [-0.3, -0.25) is 14.9 Å². The lowest BCUT2D eigenvalue weighted by Gasteiger charge is -1.99. The Balaban J connectivity index is 3.44. The van der Waals surface area contributed by atoms with Gasteiger partial charge in [0.2, 0.25) is 5.75 Å². The molecular formula is C7H4ClNO4. The normalized spacial score (nSPS) is 9.62. The Morgan fingerprint density at radius 1 is 1.54 bits per heavy atom. The Labute approximate surface area is 77.7 Å². The number of phenols is 1. The van der Waals surface area contributed by atoms with Crippen molar-refractivity contribution in [1.29, 1.82) is 0 Å². The third kappa shape index (κ3) is 1.59. The van der Waals surface area contributed by atoms with Crippen LogP contribution in [0.15, 0.2) is 12.1 Å². The molecule has 0 spiro atoms. The first-order valence-electron chi connectivity index (χ1n) is 3.19. The molecule has 68 valence electrons. The molecule has 0 aromatic heterocycles. The van der Waals surface area contributed by atoms with Gasteiger partial charge in [0.05, 0.1) is 15.5 Å². The van der Waals surface area contributed by atoms with Crippen molar-refractivity contribution in [2.45, 2.75) is 0 Å². The predicted molar refractivity (Wildman–Crippen MR) is 45.2 cm³/mol. The number of carbonyl (C=O) groups is 1. The van der Waals surface area contributed by atoms with Crippen molar-refractivity contribution >= 4 is 23.6 Å². The molecule has 0 aliphatic rings. The highest BCUT2D eigenvalue weighted by molar-refractivity contribution is 6.33. The summed E-state index contributed by atoms with van der Waals surface area (Å²) in [6.45, 7) is 0. The number of nitro groups is 1. The van der Waals surface area contributed by atoms with Crippen LogP contribution in [0, 0.1) is 10.1 Å². The molecule has 1 aromatic rings. The summed E-state index contributed by atoms with van der Waals surface area (Å²) in [5.74, 6) is -0.701. The first-order chi connectivity index (χ1) is 6.07. The van der Waals surface area contributed by atoms with Gasteiger partial charge in [0.1, 0.15) is 0 Å². The zero-order valence-electron chi connectivity index (χ0n) is 6.23. The molecule has 0 amide bonds. The van der Waals surface area contributed by atoms with Crippen molar-refractivity contribution in [3.63, 3.8) is 0 Å². The summed E-state index contributed by atoms with van der Waals surface area (Å²) in [6, 6.07) is 2.22. The molecule has 1 aromatic carbocycles. The van der Waals surface area contributed by atoms with E-state index in [1.54, 1.807) is 0 Å². The van der Waals surface area contributed by atoms with Crippen molar-refractivity contribution in [2.75, 3.05) is 0 Å². The monoisotopic (exact) mass is 201 g/mol. The first-order valence-corrected chi connectivity index (χ1v) is 3.56. The van der Waals surface area contributed by atoms with Gasteiger partial charge in [-0.25, -0.2) is 0 Å². The highest BCUT2D eigenvalue weighted by Crippen LogP contribution is 2.32. The summed E-state index contributed by atoms with van der Waals surface area (Å²) in [6.07, 6.45) is 0.269. The average Bonchev–Trinajstić information content (AvgIpc) is 2.04. The molecule has 0 radical (unpaired) electrons. The van der Waals surface area contributed by atoms with Crippen LogP contribution in [-0.4, -0.2) is 16.3 Å². The standard InChI is InChI=1S/C7H4ClNO4/c8-5-1-2-6(9(12)13)7(11)4(5)3-10/h1-3,11H. The molecule has 0 heterocycles. The van der Waals surface area contributed by atoms with E-state index in [4.69, 9.17) is 11.6 Å². The second kappa shape index (κ2) is 3.40. The molecule has 6 heteroatoms. The van der Waals surface area contributed by atoms with Crippen LogP contribution < -0.4 is 0 Å². The van der Waals surface area contributed by atoms with Gasteiger partial charge in [-0.1, -0.05) is 11.6 Å². The molecule has 5 nitrogen and oxygen atoms in total. The van der Waals surface area contributed by atoms with E-state index in [1.807, 2.05) is 0 Å². The fourth-order valence-electron chi connectivity index (χ4n) is 0.831. The van der Waals surface area contributed by atoms with Crippen molar-refractivity contribution in [1.82, 2.24) is 0 Å². The SMILES string of the molecule is O=Cc1c(Cl)ccc([N+](=O)[O-])c1O. The number of rotatable bonds is 2. The minimum absolute atomic E-state index is 0.0156. The van der Waals surface area contributed by atoms with E-state index in [9.17, 15) is 20.0 Å². The highest BCUT2D eigenvalue weighted by atomic mass is 35.5. The number of nitrogens with zero attached hydrogens (tertiary/aromatic N) is 1. The average molecular weight is 202 g/mol. The summed E-state index contributed by atoms with van der Waals surface area (Å²) in [7, 11) is 0. The fourth-order valence-corrected chi connectivity index (χ4v) is 1.03. The number of aromatic hydroxyl groups is 1. The number of hydrogen-bond acceptors (Lipinski definition) is 4. The Morgan fingerprint density at radius 2 is 2.15 bits per heavy atom. The van der Waals surface area contributed by atoms with E-state index < -0.39 is 16.4 Å². The Morgan fingerprint density at radius 3 is 2.62 bits per heavy atom. The molecular weight excluding hydrogens is 198 g/mol. The minimum atomic E-state index is -0.793. The lowest BCUT2D eigenvalue weighted by Crippen LogP contribution is -1.92. The molecule has 1 rings (SSSR count). The van der Waals surface area contributed by atoms with Crippen LogP contribution in [0.1, 0.15) is 10.4 Å². The number of carbonyl (C=O) groups excluding carboxylic acids is 1. The summed E-state index contributed by atoms with van der Waals surface area (Å²) in [5, 5.41) is 19.5. The van der Waals surface area contributed by atoms with Crippen LogP contribution in [-0.2, 0) is 0 Å². The minimum Gasteiger partial charge on any atom is -0.502 e. The van der Waals surface area contributed by atoms with Gasteiger partial charge in [-0.2, -0.15) is 0 Å². The lowest BCUT2D eigenvalue weighted by atomic mass is 10.2. The quantitative estimate of drug-likeness (QED) is 0.449. The van der Waals surface area contributed by atoms with Crippen LogP contribution in [0.3, 0.4) is 0 Å². The zero-order chi connectivity index (χ0) is 10.0. The second-order valence-corrected chi connectivity index (χ2v) is 2.61. The summed E-state index contributed by atoms with van der Waals surface area (Å²) in [5.41, 5.74) is -0.803. The van der Waals surface area contributed by atoms with Crippen molar-refractivity contribution in [3.05, 3.63) is 32.8 Å². The van der Waals surface area contributed by atoms with Gasteiger partial charge in [0.15, 0.2) is 6.29 Å². The van der Waals surface area contributed by atoms with Crippen molar-refractivity contribution in [2.24, 2.45) is 0 Å².